The van der Waals surface area contributed by atoms with Crippen molar-refractivity contribution < 1.29 is 14.3 Å². The highest BCUT2D eigenvalue weighted by Gasteiger charge is 2.26. The maximum atomic E-state index is 12.8. The van der Waals surface area contributed by atoms with Crippen LogP contribution < -0.4 is 10.1 Å². The fourth-order valence-electron chi connectivity index (χ4n) is 2.50. The second-order valence-corrected chi connectivity index (χ2v) is 6.77. The minimum absolute atomic E-state index is 0.204. The third-order valence-corrected chi connectivity index (χ3v) is 4.58. The minimum atomic E-state index is -0.670. The first-order valence-corrected chi connectivity index (χ1v) is 9.37. The molecule has 2 rings (SSSR count). The van der Waals surface area contributed by atoms with Crippen LogP contribution in [-0.2, 0) is 16.1 Å². The van der Waals surface area contributed by atoms with Gasteiger partial charge in [0, 0.05) is 23.1 Å². The Hall–Kier alpha value is -2.24. The highest BCUT2D eigenvalue weighted by atomic mass is 35.5. The van der Waals surface area contributed by atoms with Gasteiger partial charge in [-0.3, -0.25) is 9.59 Å². The summed E-state index contributed by atoms with van der Waals surface area (Å²) in [6, 6.07) is 13.3. The van der Waals surface area contributed by atoms with E-state index in [-0.39, 0.29) is 25.0 Å². The first-order chi connectivity index (χ1) is 12.9. The second kappa shape index (κ2) is 10.2. The van der Waals surface area contributed by atoms with Gasteiger partial charge in [0.05, 0.1) is 0 Å². The molecule has 0 radical (unpaired) electrons. The molecular formula is C20H22Cl2N2O3. The molecule has 0 fully saturated rings. The van der Waals surface area contributed by atoms with E-state index in [1.807, 2.05) is 25.1 Å². The Labute approximate surface area is 169 Å². The zero-order chi connectivity index (χ0) is 19.8. The molecular weight excluding hydrogens is 387 g/mol. The Kier molecular flexibility index (Phi) is 7.95. The van der Waals surface area contributed by atoms with E-state index in [0.717, 1.165) is 5.56 Å². The van der Waals surface area contributed by atoms with E-state index in [1.54, 1.807) is 37.3 Å². The van der Waals surface area contributed by atoms with Crippen LogP contribution in [0.1, 0.15) is 19.4 Å². The van der Waals surface area contributed by atoms with Crippen molar-refractivity contribution in [2.24, 2.45) is 0 Å². The Balaban J connectivity index is 2.15. The number of hydrogen-bond donors (Lipinski definition) is 1. The molecule has 0 spiro atoms. The lowest BCUT2D eigenvalue weighted by Crippen LogP contribution is -2.49. The topological polar surface area (TPSA) is 58.6 Å². The van der Waals surface area contributed by atoms with Crippen molar-refractivity contribution in [3.63, 3.8) is 0 Å². The molecule has 27 heavy (non-hydrogen) atoms. The van der Waals surface area contributed by atoms with Gasteiger partial charge in [-0.05, 0) is 43.7 Å². The van der Waals surface area contributed by atoms with Crippen LogP contribution in [0.25, 0.3) is 0 Å². The van der Waals surface area contributed by atoms with Crippen molar-refractivity contribution in [2.45, 2.75) is 26.4 Å². The Morgan fingerprint density at radius 2 is 1.89 bits per heavy atom. The molecule has 0 aliphatic carbocycles. The summed E-state index contributed by atoms with van der Waals surface area (Å²) in [6.07, 6.45) is 0. The fourth-order valence-corrected chi connectivity index (χ4v) is 2.88. The molecule has 7 heteroatoms. The van der Waals surface area contributed by atoms with E-state index >= 15 is 0 Å². The molecule has 2 aromatic carbocycles. The summed E-state index contributed by atoms with van der Waals surface area (Å²) in [4.78, 5) is 26.6. The molecule has 0 aliphatic rings. The number of carbonyl (C=O) groups is 2. The molecule has 0 heterocycles. The lowest BCUT2D eigenvalue weighted by atomic mass is 10.1. The summed E-state index contributed by atoms with van der Waals surface area (Å²) in [5.74, 6) is -0.0755. The van der Waals surface area contributed by atoms with E-state index in [4.69, 9.17) is 27.9 Å². The highest BCUT2D eigenvalue weighted by molar-refractivity contribution is 6.31. The van der Waals surface area contributed by atoms with Crippen LogP contribution in [0.5, 0.6) is 5.75 Å². The number of nitrogens with one attached hydrogen (secondary N) is 1. The molecule has 1 N–H and O–H groups in total. The number of carbonyl (C=O) groups excluding carboxylic acids is 2. The molecule has 0 saturated heterocycles. The van der Waals surface area contributed by atoms with Crippen molar-refractivity contribution in [2.75, 3.05) is 13.2 Å². The van der Waals surface area contributed by atoms with Crippen LogP contribution in [0.4, 0.5) is 0 Å². The zero-order valence-electron chi connectivity index (χ0n) is 15.2. The summed E-state index contributed by atoms with van der Waals surface area (Å²) >= 11 is 12.2. The number of halogens is 2. The summed E-state index contributed by atoms with van der Waals surface area (Å²) in [5.41, 5.74) is 0.756. The Bertz CT molecular complexity index is 798. The maximum absolute atomic E-state index is 12.8. The minimum Gasteiger partial charge on any atom is -0.484 e. The van der Waals surface area contributed by atoms with Crippen LogP contribution in [0.3, 0.4) is 0 Å². The maximum Gasteiger partial charge on any atom is 0.261 e. The molecule has 0 saturated carbocycles. The molecule has 0 unspecified atom stereocenters. The van der Waals surface area contributed by atoms with Gasteiger partial charge in [-0.25, -0.2) is 0 Å². The van der Waals surface area contributed by atoms with Gasteiger partial charge in [0.1, 0.15) is 11.8 Å². The standard InChI is InChI=1S/C20H22Cl2N2O3/c1-3-23-20(26)14(2)24(12-15-7-4-5-10-18(15)22)19(25)13-27-17-9-6-8-16(21)11-17/h4-11,14H,3,12-13H2,1-2H3,(H,23,26)/t14-/m0/s1. The highest BCUT2D eigenvalue weighted by Crippen LogP contribution is 2.20. The van der Waals surface area contributed by atoms with Gasteiger partial charge in [0.2, 0.25) is 5.91 Å². The first kappa shape index (κ1) is 21.1. The molecule has 5 nitrogen and oxygen atoms in total. The lowest BCUT2D eigenvalue weighted by Gasteiger charge is -2.29. The molecule has 2 aromatic rings. The van der Waals surface area contributed by atoms with E-state index in [1.165, 1.54) is 4.90 Å². The van der Waals surface area contributed by atoms with E-state index in [9.17, 15) is 9.59 Å². The normalized spacial score (nSPS) is 11.6. The van der Waals surface area contributed by atoms with Gasteiger partial charge in [0.25, 0.3) is 5.91 Å². The predicted molar refractivity (Wildman–Crippen MR) is 107 cm³/mol. The lowest BCUT2D eigenvalue weighted by molar-refractivity contribution is -0.142. The molecule has 1 atom stereocenters. The van der Waals surface area contributed by atoms with Crippen molar-refractivity contribution in [3.8, 4) is 5.75 Å². The number of ether oxygens (including phenoxy) is 1. The summed E-state index contributed by atoms with van der Waals surface area (Å²) in [5, 5.41) is 3.79. The smallest absolute Gasteiger partial charge is 0.261 e. The van der Waals surface area contributed by atoms with Gasteiger partial charge >= 0.3 is 0 Å². The number of rotatable bonds is 8. The SMILES string of the molecule is CCNC(=O)[C@H](C)N(Cc1ccccc1Cl)C(=O)COc1cccc(Cl)c1. The van der Waals surface area contributed by atoms with Crippen molar-refractivity contribution in [1.82, 2.24) is 10.2 Å². The zero-order valence-corrected chi connectivity index (χ0v) is 16.8. The van der Waals surface area contributed by atoms with Crippen LogP contribution in [0, 0.1) is 0 Å². The van der Waals surface area contributed by atoms with Gasteiger partial charge in [-0.15, -0.1) is 0 Å². The summed E-state index contributed by atoms with van der Waals surface area (Å²) in [6.45, 7) is 3.98. The van der Waals surface area contributed by atoms with Crippen molar-refractivity contribution in [1.29, 1.82) is 0 Å². The number of amides is 2. The fraction of sp³-hybridized carbons (Fsp3) is 0.300. The number of benzene rings is 2. The van der Waals surface area contributed by atoms with Gasteiger partial charge in [0.15, 0.2) is 6.61 Å². The summed E-state index contributed by atoms with van der Waals surface area (Å²) < 4.78 is 5.55. The van der Waals surface area contributed by atoms with Crippen molar-refractivity contribution in [3.05, 3.63) is 64.1 Å². The van der Waals surface area contributed by atoms with Crippen LogP contribution in [-0.4, -0.2) is 35.9 Å². The Morgan fingerprint density at radius 3 is 2.56 bits per heavy atom. The van der Waals surface area contributed by atoms with Crippen LogP contribution >= 0.6 is 23.2 Å². The predicted octanol–water partition coefficient (Wildman–Crippen LogP) is 3.93. The van der Waals surface area contributed by atoms with Gasteiger partial charge < -0.3 is 15.0 Å². The van der Waals surface area contributed by atoms with E-state index in [2.05, 4.69) is 5.32 Å². The number of hydrogen-bond acceptors (Lipinski definition) is 3. The third kappa shape index (κ3) is 6.15. The molecule has 144 valence electrons. The molecule has 0 aliphatic heterocycles. The van der Waals surface area contributed by atoms with Gasteiger partial charge in [-0.2, -0.15) is 0 Å². The Morgan fingerprint density at radius 1 is 1.15 bits per heavy atom. The molecule has 0 bridgehead atoms. The summed E-state index contributed by atoms with van der Waals surface area (Å²) in [7, 11) is 0. The second-order valence-electron chi connectivity index (χ2n) is 5.93. The van der Waals surface area contributed by atoms with E-state index in [0.29, 0.717) is 22.3 Å². The van der Waals surface area contributed by atoms with Gasteiger partial charge in [-0.1, -0.05) is 47.5 Å². The average Bonchev–Trinajstić information content (AvgIpc) is 2.65. The number of nitrogens with zero attached hydrogens (tertiary/aromatic N) is 1. The molecule has 2 amide bonds. The van der Waals surface area contributed by atoms with E-state index < -0.39 is 6.04 Å². The quantitative estimate of drug-likeness (QED) is 0.719. The first-order valence-electron chi connectivity index (χ1n) is 8.61. The van der Waals surface area contributed by atoms with Crippen LogP contribution in [0.2, 0.25) is 10.0 Å². The number of likely N-dealkylation sites (N-methyl/N-ethyl adjacent to an activating group) is 1. The largest absolute Gasteiger partial charge is 0.484 e. The van der Waals surface area contributed by atoms with Crippen molar-refractivity contribution >= 4 is 35.0 Å². The monoisotopic (exact) mass is 408 g/mol. The van der Waals surface area contributed by atoms with Crippen LogP contribution in [0.15, 0.2) is 48.5 Å². The third-order valence-electron chi connectivity index (χ3n) is 3.98. The average molecular weight is 409 g/mol. The molecule has 0 aromatic heterocycles.